The highest BCUT2D eigenvalue weighted by Gasteiger charge is 2.35. The standard InChI is InChI=1S/C25H45N5O2.HI/c1-7-26-24(28-16-21-9-8-14-31-23(21)25(4,5)6)27-15-20-10-12-30(13-11-20)17-22-29-18(2)19(3)32-22;/h20-21,23H,7-17H2,1-6H3,(H2,26,27,28);1H. The Morgan fingerprint density at radius 1 is 1.15 bits per heavy atom. The van der Waals surface area contributed by atoms with E-state index in [1.807, 2.05) is 13.8 Å². The summed E-state index contributed by atoms with van der Waals surface area (Å²) in [5.74, 6) is 3.88. The summed E-state index contributed by atoms with van der Waals surface area (Å²) in [6.07, 6.45) is 5.01. The summed E-state index contributed by atoms with van der Waals surface area (Å²) in [6.45, 7) is 19.5. The fourth-order valence-corrected chi connectivity index (χ4v) is 4.92. The molecule has 0 spiro atoms. The van der Waals surface area contributed by atoms with Crippen molar-refractivity contribution in [2.45, 2.75) is 79.9 Å². The number of aryl methyl sites for hydroxylation is 2. The molecular formula is C25H46IN5O2. The number of guanidine groups is 1. The number of aromatic nitrogens is 1. The minimum atomic E-state index is 0. The van der Waals surface area contributed by atoms with Crippen molar-refractivity contribution >= 4 is 29.9 Å². The molecule has 2 N–H and O–H groups in total. The summed E-state index contributed by atoms with van der Waals surface area (Å²) >= 11 is 0. The lowest BCUT2D eigenvalue weighted by Crippen LogP contribution is -2.47. The Morgan fingerprint density at radius 3 is 2.48 bits per heavy atom. The van der Waals surface area contributed by atoms with Crippen LogP contribution < -0.4 is 10.6 Å². The predicted octanol–water partition coefficient (Wildman–Crippen LogP) is 4.52. The summed E-state index contributed by atoms with van der Waals surface area (Å²) in [5.41, 5.74) is 1.17. The zero-order valence-corrected chi connectivity index (χ0v) is 23.9. The zero-order chi connectivity index (χ0) is 23.1. The molecule has 3 heterocycles. The van der Waals surface area contributed by atoms with Gasteiger partial charge in [-0.3, -0.25) is 9.89 Å². The molecule has 2 unspecified atom stereocenters. The molecule has 0 amide bonds. The quantitative estimate of drug-likeness (QED) is 0.283. The highest BCUT2D eigenvalue weighted by Crippen LogP contribution is 2.33. The third-order valence-corrected chi connectivity index (χ3v) is 6.82. The maximum atomic E-state index is 6.15. The van der Waals surface area contributed by atoms with Crippen LogP contribution in [0.25, 0.3) is 0 Å². The minimum Gasteiger partial charge on any atom is -0.444 e. The van der Waals surface area contributed by atoms with E-state index in [9.17, 15) is 0 Å². The van der Waals surface area contributed by atoms with Crippen molar-refractivity contribution in [2.75, 3.05) is 39.3 Å². The molecular weight excluding hydrogens is 529 g/mol. The predicted molar refractivity (Wildman–Crippen MR) is 145 cm³/mol. The average molecular weight is 576 g/mol. The molecule has 3 rings (SSSR count). The topological polar surface area (TPSA) is 74.9 Å². The van der Waals surface area contributed by atoms with E-state index in [0.29, 0.717) is 17.9 Å². The second kappa shape index (κ2) is 13.3. The number of halogens is 1. The van der Waals surface area contributed by atoms with E-state index in [1.165, 1.54) is 19.3 Å². The maximum Gasteiger partial charge on any atom is 0.208 e. The summed E-state index contributed by atoms with van der Waals surface area (Å²) < 4.78 is 11.9. The van der Waals surface area contributed by atoms with Gasteiger partial charge in [0.05, 0.1) is 18.3 Å². The Bertz CT molecular complexity index is 718. The van der Waals surface area contributed by atoms with Crippen molar-refractivity contribution < 1.29 is 9.15 Å². The average Bonchev–Trinajstić information content (AvgIpc) is 3.07. The SMILES string of the molecule is CCNC(=NCC1CCN(Cc2nc(C)c(C)o2)CC1)NCC1CCCOC1C(C)(C)C.I. The van der Waals surface area contributed by atoms with Gasteiger partial charge in [-0.2, -0.15) is 0 Å². The summed E-state index contributed by atoms with van der Waals surface area (Å²) in [6, 6.07) is 0. The molecule has 2 aliphatic heterocycles. The molecule has 0 radical (unpaired) electrons. The van der Waals surface area contributed by atoms with Gasteiger partial charge in [-0.15, -0.1) is 24.0 Å². The Kier molecular flexibility index (Phi) is 11.4. The first-order chi connectivity index (χ1) is 15.3. The zero-order valence-electron chi connectivity index (χ0n) is 21.6. The Balaban J connectivity index is 0.00000385. The number of piperidine rings is 1. The van der Waals surface area contributed by atoms with E-state index >= 15 is 0 Å². The van der Waals surface area contributed by atoms with Crippen LogP contribution in [0.15, 0.2) is 9.41 Å². The van der Waals surface area contributed by atoms with Gasteiger partial charge in [-0.1, -0.05) is 20.8 Å². The maximum absolute atomic E-state index is 6.15. The molecule has 0 saturated carbocycles. The number of hydrogen-bond acceptors (Lipinski definition) is 5. The van der Waals surface area contributed by atoms with Gasteiger partial charge in [-0.05, 0) is 70.9 Å². The highest BCUT2D eigenvalue weighted by molar-refractivity contribution is 14.0. The molecule has 1 aromatic heterocycles. The smallest absolute Gasteiger partial charge is 0.208 e. The van der Waals surface area contributed by atoms with E-state index in [-0.39, 0.29) is 29.4 Å². The number of nitrogens with one attached hydrogen (secondary N) is 2. The van der Waals surface area contributed by atoms with Crippen molar-refractivity contribution in [1.29, 1.82) is 0 Å². The van der Waals surface area contributed by atoms with Crippen molar-refractivity contribution in [2.24, 2.45) is 22.2 Å². The molecule has 190 valence electrons. The molecule has 2 fully saturated rings. The van der Waals surface area contributed by atoms with Gasteiger partial charge in [0.15, 0.2) is 5.96 Å². The van der Waals surface area contributed by atoms with Gasteiger partial charge in [-0.25, -0.2) is 4.98 Å². The number of hydrogen-bond donors (Lipinski definition) is 2. The van der Waals surface area contributed by atoms with Gasteiger partial charge < -0.3 is 19.8 Å². The summed E-state index contributed by atoms with van der Waals surface area (Å²) in [7, 11) is 0. The van der Waals surface area contributed by atoms with Crippen molar-refractivity contribution in [3.05, 3.63) is 17.3 Å². The minimum absolute atomic E-state index is 0. The van der Waals surface area contributed by atoms with E-state index in [0.717, 1.165) is 75.6 Å². The molecule has 2 atom stereocenters. The fraction of sp³-hybridized carbons (Fsp3) is 0.840. The first-order valence-corrected chi connectivity index (χ1v) is 12.5. The van der Waals surface area contributed by atoms with E-state index < -0.39 is 0 Å². The molecule has 33 heavy (non-hydrogen) atoms. The molecule has 1 aromatic rings. The Morgan fingerprint density at radius 2 is 1.88 bits per heavy atom. The largest absolute Gasteiger partial charge is 0.444 e. The Labute approximate surface area is 217 Å². The van der Waals surface area contributed by atoms with Crippen LogP contribution in [-0.4, -0.2) is 61.3 Å². The van der Waals surface area contributed by atoms with Crippen LogP contribution in [-0.2, 0) is 11.3 Å². The molecule has 0 aromatic carbocycles. The van der Waals surface area contributed by atoms with Crippen LogP contribution in [0.3, 0.4) is 0 Å². The second-order valence-corrected chi connectivity index (χ2v) is 10.6. The van der Waals surface area contributed by atoms with Crippen LogP contribution in [0.1, 0.15) is 70.7 Å². The number of nitrogens with zero attached hydrogens (tertiary/aromatic N) is 3. The second-order valence-electron chi connectivity index (χ2n) is 10.6. The molecule has 0 aliphatic carbocycles. The van der Waals surface area contributed by atoms with E-state index in [4.69, 9.17) is 14.1 Å². The number of rotatable bonds is 7. The van der Waals surface area contributed by atoms with Crippen molar-refractivity contribution in [3.63, 3.8) is 0 Å². The lowest BCUT2D eigenvalue weighted by Gasteiger charge is -2.40. The molecule has 7 nitrogen and oxygen atoms in total. The highest BCUT2D eigenvalue weighted by atomic mass is 127. The third-order valence-electron chi connectivity index (χ3n) is 6.82. The lowest BCUT2D eigenvalue weighted by atomic mass is 9.78. The van der Waals surface area contributed by atoms with Crippen LogP contribution in [0, 0.1) is 31.1 Å². The molecule has 8 heteroatoms. The lowest BCUT2D eigenvalue weighted by molar-refractivity contribution is -0.0835. The van der Waals surface area contributed by atoms with Gasteiger partial charge >= 0.3 is 0 Å². The first kappa shape index (κ1) is 28.4. The Hall–Kier alpha value is -0.870. The molecule has 2 aliphatic rings. The van der Waals surface area contributed by atoms with Crippen LogP contribution in [0.4, 0.5) is 0 Å². The van der Waals surface area contributed by atoms with Crippen molar-refractivity contribution in [1.82, 2.24) is 20.5 Å². The number of oxazole rings is 1. The van der Waals surface area contributed by atoms with Gasteiger partial charge in [0, 0.05) is 32.2 Å². The number of aliphatic imine (C=N–C) groups is 1. The van der Waals surface area contributed by atoms with Crippen LogP contribution >= 0.6 is 24.0 Å². The fourth-order valence-electron chi connectivity index (χ4n) is 4.92. The molecule has 0 bridgehead atoms. The first-order valence-electron chi connectivity index (χ1n) is 12.5. The molecule has 2 saturated heterocycles. The summed E-state index contributed by atoms with van der Waals surface area (Å²) in [4.78, 5) is 11.9. The summed E-state index contributed by atoms with van der Waals surface area (Å²) in [5, 5.41) is 7.04. The van der Waals surface area contributed by atoms with Gasteiger partial charge in [0.1, 0.15) is 5.76 Å². The van der Waals surface area contributed by atoms with Crippen LogP contribution in [0.2, 0.25) is 0 Å². The van der Waals surface area contributed by atoms with E-state index in [2.05, 4.69) is 48.2 Å². The van der Waals surface area contributed by atoms with Gasteiger partial charge in [0.25, 0.3) is 0 Å². The van der Waals surface area contributed by atoms with Gasteiger partial charge in [0.2, 0.25) is 5.89 Å². The number of ether oxygens (including phenoxy) is 1. The van der Waals surface area contributed by atoms with Crippen LogP contribution in [0.5, 0.6) is 0 Å². The monoisotopic (exact) mass is 575 g/mol. The normalized spacial score (nSPS) is 23.3. The number of likely N-dealkylation sites (tertiary alicyclic amines) is 1. The van der Waals surface area contributed by atoms with E-state index in [1.54, 1.807) is 0 Å². The third kappa shape index (κ3) is 8.69. The van der Waals surface area contributed by atoms with Crippen molar-refractivity contribution in [3.8, 4) is 0 Å².